The first kappa shape index (κ1) is 22.0. The van der Waals surface area contributed by atoms with Crippen molar-refractivity contribution in [3.8, 4) is 6.01 Å². The van der Waals surface area contributed by atoms with Gasteiger partial charge in [0.15, 0.2) is 11.5 Å². The van der Waals surface area contributed by atoms with E-state index >= 15 is 0 Å². The number of ether oxygens (including phenoxy) is 2. The number of benzene rings is 1. The third-order valence-electron chi connectivity index (χ3n) is 4.35. The fraction of sp³-hybridized carbons (Fsp3) is 0.300. The van der Waals surface area contributed by atoms with Gasteiger partial charge >= 0.3 is 11.7 Å². The molecular weight excluding hydrogens is 404 g/mol. The Morgan fingerprint density at radius 2 is 2.00 bits per heavy atom. The quantitative estimate of drug-likeness (QED) is 0.258. The molecule has 2 aromatic heterocycles. The highest BCUT2D eigenvalue weighted by molar-refractivity contribution is 5.87. The highest BCUT2D eigenvalue weighted by Gasteiger charge is 2.15. The molecule has 31 heavy (non-hydrogen) atoms. The third-order valence-corrected chi connectivity index (χ3v) is 4.35. The minimum absolute atomic E-state index is 0.0659. The number of nitrogens with two attached hydrogens (primary N) is 1. The first-order valence-electron chi connectivity index (χ1n) is 9.52. The SMILES string of the molecule is COCCOc1nc(N)c2[nH]c(=O)n(Cc3ccc(CNC(=O)/C=C\CO)cc3)c2n1. The second-order valence-electron chi connectivity index (χ2n) is 6.57. The largest absolute Gasteiger partial charge is 0.461 e. The molecule has 0 aliphatic rings. The second-order valence-corrected chi connectivity index (χ2v) is 6.57. The van der Waals surface area contributed by atoms with E-state index in [0.717, 1.165) is 11.1 Å². The summed E-state index contributed by atoms with van der Waals surface area (Å²) in [4.78, 5) is 35.0. The molecule has 0 aliphatic heterocycles. The Kier molecular flexibility index (Phi) is 7.35. The molecule has 3 aromatic rings. The van der Waals surface area contributed by atoms with Crippen molar-refractivity contribution >= 4 is 22.9 Å². The van der Waals surface area contributed by atoms with Crippen molar-refractivity contribution in [1.29, 1.82) is 0 Å². The number of fused-ring (bicyclic) bond motifs is 1. The van der Waals surface area contributed by atoms with Crippen LogP contribution in [0.2, 0.25) is 0 Å². The first-order valence-corrected chi connectivity index (χ1v) is 9.52. The van der Waals surface area contributed by atoms with Crippen LogP contribution in [0.4, 0.5) is 5.82 Å². The molecule has 0 saturated carbocycles. The van der Waals surface area contributed by atoms with Gasteiger partial charge in [0.25, 0.3) is 0 Å². The number of H-pyrrole nitrogens is 1. The smallest absolute Gasteiger partial charge is 0.328 e. The molecule has 0 saturated heterocycles. The van der Waals surface area contributed by atoms with Crippen molar-refractivity contribution in [2.45, 2.75) is 13.1 Å². The van der Waals surface area contributed by atoms with E-state index in [1.807, 2.05) is 24.3 Å². The number of aromatic amines is 1. The van der Waals surface area contributed by atoms with Crippen LogP contribution in [0.1, 0.15) is 11.1 Å². The second kappa shape index (κ2) is 10.4. The van der Waals surface area contributed by atoms with Gasteiger partial charge in [-0.1, -0.05) is 30.3 Å². The lowest BCUT2D eigenvalue weighted by Crippen LogP contribution is -2.20. The van der Waals surface area contributed by atoms with Gasteiger partial charge in [-0.15, -0.1) is 0 Å². The molecule has 1 amide bonds. The van der Waals surface area contributed by atoms with Crippen molar-refractivity contribution in [3.63, 3.8) is 0 Å². The topological polar surface area (TPSA) is 157 Å². The Morgan fingerprint density at radius 1 is 1.26 bits per heavy atom. The van der Waals surface area contributed by atoms with E-state index in [-0.39, 0.29) is 43.2 Å². The summed E-state index contributed by atoms with van der Waals surface area (Å²) in [7, 11) is 1.55. The molecule has 0 atom stereocenters. The van der Waals surface area contributed by atoms with Gasteiger partial charge in [0.2, 0.25) is 5.91 Å². The van der Waals surface area contributed by atoms with Gasteiger partial charge in [0.05, 0.1) is 19.8 Å². The zero-order valence-electron chi connectivity index (χ0n) is 17.0. The lowest BCUT2D eigenvalue weighted by atomic mass is 10.1. The number of nitrogen functional groups attached to an aromatic ring is 1. The van der Waals surface area contributed by atoms with E-state index in [0.29, 0.717) is 24.3 Å². The Labute approximate surface area is 177 Å². The average Bonchev–Trinajstić information content (AvgIpc) is 3.08. The minimum atomic E-state index is -0.364. The van der Waals surface area contributed by atoms with Crippen LogP contribution < -0.4 is 21.5 Å². The Bertz CT molecular complexity index is 1120. The number of imidazole rings is 1. The van der Waals surface area contributed by atoms with Crippen LogP contribution in [0.3, 0.4) is 0 Å². The lowest BCUT2D eigenvalue weighted by Gasteiger charge is -2.08. The Hall–Kier alpha value is -3.70. The molecule has 3 rings (SSSR count). The molecule has 11 nitrogen and oxygen atoms in total. The van der Waals surface area contributed by atoms with Crippen LogP contribution in [0.25, 0.3) is 11.2 Å². The van der Waals surface area contributed by atoms with Gasteiger partial charge < -0.3 is 30.6 Å². The predicted molar refractivity (Wildman–Crippen MR) is 114 cm³/mol. The number of aliphatic hydroxyl groups excluding tert-OH is 1. The number of rotatable bonds is 10. The van der Waals surface area contributed by atoms with Crippen LogP contribution in [0, 0.1) is 0 Å². The van der Waals surface area contributed by atoms with E-state index in [1.54, 1.807) is 7.11 Å². The Morgan fingerprint density at radius 3 is 2.71 bits per heavy atom. The fourth-order valence-corrected chi connectivity index (χ4v) is 2.81. The number of methoxy groups -OCH3 is 1. The summed E-state index contributed by atoms with van der Waals surface area (Å²) < 4.78 is 11.8. The minimum Gasteiger partial charge on any atom is -0.461 e. The molecule has 0 fully saturated rings. The van der Waals surface area contributed by atoms with E-state index in [1.165, 1.54) is 16.7 Å². The van der Waals surface area contributed by atoms with Crippen LogP contribution >= 0.6 is 0 Å². The van der Waals surface area contributed by atoms with Gasteiger partial charge in [0.1, 0.15) is 12.1 Å². The van der Waals surface area contributed by atoms with Crippen molar-refractivity contribution in [3.05, 3.63) is 58.0 Å². The molecule has 164 valence electrons. The van der Waals surface area contributed by atoms with Crippen molar-refractivity contribution in [1.82, 2.24) is 24.8 Å². The van der Waals surface area contributed by atoms with Crippen LogP contribution in [0.5, 0.6) is 6.01 Å². The summed E-state index contributed by atoms with van der Waals surface area (Å²) in [6.07, 6.45) is 2.64. The number of aliphatic hydroxyl groups is 1. The van der Waals surface area contributed by atoms with Gasteiger partial charge in [-0.3, -0.25) is 9.36 Å². The predicted octanol–water partition coefficient (Wildman–Crippen LogP) is -0.0600. The van der Waals surface area contributed by atoms with Crippen LogP contribution in [-0.4, -0.2) is 57.5 Å². The van der Waals surface area contributed by atoms with E-state index in [2.05, 4.69) is 20.3 Å². The third kappa shape index (κ3) is 5.68. The summed E-state index contributed by atoms with van der Waals surface area (Å²) in [5.74, 6) is -0.168. The molecule has 2 heterocycles. The molecule has 1 aromatic carbocycles. The summed E-state index contributed by atoms with van der Waals surface area (Å²) in [6, 6.07) is 7.49. The zero-order chi connectivity index (χ0) is 22.2. The number of anilines is 1. The van der Waals surface area contributed by atoms with Gasteiger partial charge in [-0.2, -0.15) is 9.97 Å². The van der Waals surface area contributed by atoms with Crippen LogP contribution in [-0.2, 0) is 22.6 Å². The maximum absolute atomic E-state index is 12.4. The average molecular weight is 428 g/mol. The maximum atomic E-state index is 12.4. The van der Waals surface area contributed by atoms with Crippen LogP contribution in [0.15, 0.2) is 41.2 Å². The monoisotopic (exact) mass is 428 g/mol. The number of amides is 1. The molecule has 0 bridgehead atoms. The zero-order valence-corrected chi connectivity index (χ0v) is 17.0. The number of hydrogen-bond acceptors (Lipinski definition) is 8. The summed E-state index contributed by atoms with van der Waals surface area (Å²) in [5.41, 5.74) is 8.02. The maximum Gasteiger partial charge on any atom is 0.328 e. The molecular formula is C20H24N6O5. The van der Waals surface area contributed by atoms with E-state index < -0.39 is 0 Å². The number of nitrogens with one attached hydrogen (secondary N) is 2. The van der Waals surface area contributed by atoms with Gasteiger partial charge in [-0.05, 0) is 11.1 Å². The standard InChI is InChI=1S/C20H24N6O5/c1-30-9-10-31-19-24-17(21)16-18(25-19)26(20(29)23-16)12-14-6-4-13(5-7-14)11-22-15(28)3-2-8-27/h2-7,27H,8-12H2,1H3,(H,22,28)(H,23,29)(H2,21,24,25)/b3-2-. The van der Waals surface area contributed by atoms with Gasteiger partial charge in [0, 0.05) is 19.7 Å². The van der Waals surface area contributed by atoms with Crippen molar-refractivity contribution < 1.29 is 19.4 Å². The van der Waals surface area contributed by atoms with E-state index in [4.69, 9.17) is 20.3 Å². The molecule has 0 radical (unpaired) electrons. The highest BCUT2D eigenvalue weighted by Crippen LogP contribution is 2.18. The number of carbonyl (C=O) groups excluding carboxylic acids is 1. The summed E-state index contributed by atoms with van der Waals surface area (Å²) in [5, 5.41) is 11.4. The molecule has 0 spiro atoms. The molecule has 0 aliphatic carbocycles. The number of carbonyl (C=O) groups is 1. The van der Waals surface area contributed by atoms with Crippen molar-refractivity contribution in [2.24, 2.45) is 0 Å². The summed E-state index contributed by atoms with van der Waals surface area (Å²) in [6.45, 7) is 1.04. The summed E-state index contributed by atoms with van der Waals surface area (Å²) >= 11 is 0. The molecule has 11 heteroatoms. The highest BCUT2D eigenvalue weighted by atomic mass is 16.5. The molecule has 5 N–H and O–H groups in total. The first-order chi connectivity index (χ1) is 15.0. The van der Waals surface area contributed by atoms with E-state index in [9.17, 15) is 9.59 Å². The number of nitrogens with zero attached hydrogens (tertiary/aromatic N) is 3. The lowest BCUT2D eigenvalue weighted by molar-refractivity contribution is -0.116. The normalized spacial score (nSPS) is 11.3. The molecule has 0 unspecified atom stereocenters. The number of hydrogen-bond donors (Lipinski definition) is 4. The Balaban J connectivity index is 1.75. The van der Waals surface area contributed by atoms with Crippen molar-refractivity contribution in [2.75, 3.05) is 32.7 Å². The number of aromatic nitrogens is 4. The van der Waals surface area contributed by atoms with Gasteiger partial charge in [-0.25, -0.2) is 4.79 Å². The fourth-order valence-electron chi connectivity index (χ4n) is 2.81.